The number of methoxy groups -OCH3 is 1. The highest BCUT2D eigenvalue weighted by Crippen LogP contribution is 2.35. The van der Waals surface area contributed by atoms with Crippen molar-refractivity contribution in [2.45, 2.75) is 20.1 Å². The molecule has 1 fully saturated rings. The number of imide groups is 1. The minimum atomic E-state index is -2.97. The fourth-order valence-electron chi connectivity index (χ4n) is 2.71. The van der Waals surface area contributed by atoms with Crippen molar-refractivity contribution in [3.05, 3.63) is 64.1 Å². The van der Waals surface area contributed by atoms with Crippen LogP contribution in [-0.2, 0) is 11.3 Å². The first-order valence-electron chi connectivity index (χ1n) is 8.31. The van der Waals surface area contributed by atoms with Crippen molar-refractivity contribution in [2.75, 3.05) is 7.11 Å². The SMILES string of the molecule is COc1cc(/C=C2\SC(=O)N(Cc3ccccc3C)C2=O)ccc1OC(F)F. The topological polar surface area (TPSA) is 55.8 Å². The summed E-state index contributed by atoms with van der Waals surface area (Å²) < 4.78 is 34.3. The van der Waals surface area contributed by atoms with E-state index in [2.05, 4.69) is 4.74 Å². The summed E-state index contributed by atoms with van der Waals surface area (Å²) in [6, 6.07) is 11.8. The lowest BCUT2D eigenvalue weighted by atomic mass is 10.1. The van der Waals surface area contributed by atoms with Crippen molar-refractivity contribution in [3.63, 3.8) is 0 Å². The number of thioether (sulfide) groups is 1. The molecule has 1 heterocycles. The molecule has 2 amide bonds. The molecule has 0 saturated carbocycles. The van der Waals surface area contributed by atoms with Crippen molar-refractivity contribution in [3.8, 4) is 11.5 Å². The van der Waals surface area contributed by atoms with Gasteiger partial charge in [0.15, 0.2) is 11.5 Å². The summed E-state index contributed by atoms with van der Waals surface area (Å²) in [7, 11) is 1.33. The molecule has 1 saturated heterocycles. The molecule has 1 aliphatic rings. The Morgan fingerprint density at radius 1 is 1.14 bits per heavy atom. The van der Waals surface area contributed by atoms with Gasteiger partial charge in [0.25, 0.3) is 11.1 Å². The number of hydrogen-bond donors (Lipinski definition) is 0. The van der Waals surface area contributed by atoms with Gasteiger partial charge in [0.1, 0.15) is 0 Å². The van der Waals surface area contributed by atoms with Gasteiger partial charge in [-0.1, -0.05) is 30.3 Å². The van der Waals surface area contributed by atoms with E-state index in [1.807, 2.05) is 31.2 Å². The zero-order valence-corrected chi connectivity index (χ0v) is 16.0. The smallest absolute Gasteiger partial charge is 0.387 e. The third-order valence-corrected chi connectivity index (χ3v) is 5.07. The molecule has 0 unspecified atom stereocenters. The molecule has 3 rings (SSSR count). The second-order valence-electron chi connectivity index (χ2n) is 5.98. The Labute approximate surface area is 164 Å². The summed E-state index contributed by atoms with van der Waals surface area (Å²) in [6.45, 7) is -0.865. The van der Waals surface area contributed by atoms with Crippen molar-refractivity contribution >= 4 is 29.0 Å². The van der Waals surface area contributed by atoms with Crippen LogP contribution in [0.3, 0.4) is 0 Å². The molecule has 0 aromatic heterocycles. The first-order valence-corrected chi connectivity index (χ1v) is 9.13. The maximum atomic E-state index is 12.7. The fourth-order valence-corrected chi connectivity index (χ4v) is 3.55. The quantitative estimate of drug-likeness (QED) is 0.644. The zero-order chi connectivity index (χ0) is 20.3. The highest BCUT2D eigenvalue weighted by atomic mass is 32.2. The van der Waals surface area contributed by atoms with Crippen molar-refractivity contribution < 1.29 is 27.8 Å². The van der Waals surface area contributed by atoms with Gasteiger partial charge >= 0.3 is 6.61 Å². The summed E-state index contributed by atoms with van der Waals surface area (Å²) >= 11 is 0.837. The van der Waals surface area contributed by atoms with E-state index in [1.54, 1.807) is 0 Å². The number of amides is 2. The van der Waals surface area contributed by atoms with Crippen LogP contribution in [0.25, 0.3) is 6.08 Å². The Morgan fingerprint density at radius 2 is 1.89 bits per heavy atom. The second-order valence-corrected chi connectivity index (χ2v) is 6.98. The van der Waals surface area contributed by atoms with E-state index in [-0.39, 0.29) is 28.2 Å². The van der Waals surface area contributed by atoms with Gasteiger partial charge in [0, 0.05) is 0 Å². The van der Waals surface area contributed by atoms with Gasteiger partial charge in [0.2, 0.25) is 0 Å². The van der Waals surface area contributed by atoms with Gasteiger partial charge in [-0.05, 0) is 53.6 Å². The van der Waals surface area contributed by atoms with Crippen LogP contribution in [0.2, 0.25) is 0 Å². The molecule has 0 bridgehead atoms. The van der Waals surface area contributed by atoms with E-state index in [1.165, 1.54) is 36.3 Å². The summed E-state index contributed by atoms with van der Waals surface area (Å²) in [6.07, 6.45) is 1.53. The Kier molecular flexibility index (Phi) is 5.99. The predicted octanol–water partition coefficient (Wildman–Crippen LogP) is 4.84. The summed E-state index contributed by atoms with van der Waals surface area (Å²) in [4.78, 5) is 26.4. The molecule has 0 N–H and O–H groups in total. The molecule has 0 atom stereocenters. The molecule has 0 aliphatic carbocycles. The van der Waals surface area contributed by atoms with E-state index in [4.69, 9.17) is 4.74 Å². The lowest BCUT2D eigenvalue weighted by molar-refractivity contribution is -0.123. The van der Waals surface area contributed by atoms with Crippen LogP contribution in [0, 0.1) is 6.92 Å². The highest BCUT2D eigenvalue weighted by Gasteiger charge is 2.35. The van der Waals surface area contributed by atoms with Gasteiger partial charge in [-0.25, -0.2) is 0 Å². The van der Waals surface area contributed by atoms with Gasteiger partial charge in [-0.3, -0.25) is 14.5 Å². The standard InChI is InChI=1S/C20H17F2NO4S/c1-12-5-3-4-6-14(12)11-23-18(24)17(28-20(23)25)10-13-7-8-15(27-19(21)22)16(9-13)26-2/h3-10,19H,11H2,1-2H3/b17-10-. The van der Waals surface area contributed by atoms with Crippen LogP contribution in [-0.4, -0.2) is 29.8 Å². The Morgan fingerprint density at radius 3 is 2.57 bits per heavy atom. The second kappa shape index (κ2) is 8.43. The number of rotatable bonds is 6. The van der Waals surface area contributed by atoms with Gasteiger partial charge in [-0.15, -0.1) is 0 Å². The number of alkyl halides is 2. The van der Waals surface area contributed by atoms with E-state index >= 15 is 0 Å². The predicted molar refractivity (Wildman–Crippen MR) is 102 cm³/mol. The molecule has 0 spiro atoms. The molecule has 5 nitrogen and oxygen atoms in total. The van der Waals surface area contributed by atoms with Gasteiger partial charge < -0.3 is 9.47 Å². The van der Waals surface area contributed by atoms with Crippen molar-refractivity contribution in [1.29, 1.82) is 0 Å². The van der Waals surface area contributed by atoms with Crippen LogP contribution < -0.4 is 9.47 Å². The largest absolute Gasteiger partial charge is 0.493 e. The lowest BCUT2D eigenvalue weighted by Crippen LogP contribution is -2.27. The highest BCUT2D eigenvalue weighted by molar-refractivity contribution is 8.18. The number of carbonyl (C=O) groups is 2. The first kappa shape index (κ1) is 19.9. The molecule has 28 heavy (non-hydrogen) atoms. The number of halogens is 2. The Hall–Kier alpha value is -2.87. The molecule has 2 aromatic carbocycles. The maximum absolute atomic E-state index is 12.7. The summed E-state index contributed by atoms with van der Waals surface area (Å²) in [5.74, 6) is -0.402. The van der Waals surface area contributed by atoms with E-state index in [9.17, 15) is 18.4 Å². The van der Waals surface area contributed by atoms with Crippen molar-refractivity contribution in [1.82, 2.24) is 4.90 Å². The number of carbonyl (C=O) groups excluding carboxylic acids is 2. The molecule has 146 valence electrons. The third kappa shape index (κ3) is 4.33. The number of aryl methyl sites for hydroxylation is 1. The average Bonchev–Trinajstić information content (AvgIpc) is 2.91. The van der Waals surface area contributed by atoms with Crippen LogP contribution in [0.1, 0.15) is 16.7 Å². The Bertz CT molecular complexity index is 946. The minimum Gasteiger partial charge on any atom is -0.493 e. The van der Waals surface area contributed by atoms with Crippen molar-refractivity contribution in [2.24, 2.45) is 0 Å². The number of ether oxygens (including phenoxy) is 2. The third-order valence-electron chi connectivity index (χ3n) is 4.16. The summed E-state index contributed by atoms with van der Waals surface area (Å²) in [5.41, 5.74) is 2.41. The minimum absolute atomic E-state index is 0.105. The number of benzene rings is 2. The number of nitrogens with zero attached hydrogens (tertiary/aromatic N) is 1. The van der Waals surface area contributed by atoms with E-state index in [0.717, 1.165) is 22.9 Å². The van der Waals surface area contributed by atoms with E-state index in [0.29, 0.717) is 5.56 Å². The fraction of sp³-hybridized carbons (Fsp3) is 0.200. The summed E-state index contributed by atoms with van der Waals surface area (Å²) in [5, 5.41) is -0.357. The monoisotopic (exact) mass is 405 g/mol. The van der Waals surface area contributed by atoms with Crippen LogP contribution in [0.4, 0.5) is 13.6 Å². The lowest BCUT2D eigenvalue weighted by Gasteiger charge is -2.14. The van der Waals surface area contributed by atoms with E-state index < -0.39 is 12.5 Å². The molecular formula is C20H17F2NO4S. The maximum Gasteiger partial charge on any atom is 0.387 e. The normalized spacial score (nSPS) is 15.6. The van der Waals surface area contributed by atoms with Gasteiger partial charge in [0.05, 0.1) is 18.6 Å². The average molecular weight is 405 g/mol. The molecule has 0 radical (unpaired) electrons. The molecule has 1 aliphatic heterocycles. The number of hydrogen-bond acceptors (Lipinski definition) is 5. The molecule has 8 heteroatoms. The zero-order valence-electron chi connectivity index (χ0n) is 15.1. The van der Waals surface area contributed by atoms with Crippen LogP contribution in [0.15, 0.2) is 47.4 Å². The Balaban J connectivity index is 1.82. The van der Waals surface area contributed by atoms with Crippen LogP contribution >= 0.6 is 11.8 Å². The van der Waals surface area contributed by atoms with Gasteiger partial charge in [-0.2, -0.15) is 8.78 Å². The first-order chi connectivity index (χ1) is 13.4. The van der Waals surface area contributed by atoms with Crippen LogP contribution in [0.5, 0.6) is 11.5 Å². The molecular weight excluding hydrogens is 388 g/mol. The molecule has 2 aromatic rings.